The number of carbonyl (C=O) groups excluding carboxylic acids is 1. The first-order valence-corrected chi connectivity index (χ1v) is 9.54. The second kappa shape index (κ2) is 7.35. The van der Waals surface area contributed by atoms with Crippen LogP contribution in [0.5, 0.6) is 0 Å². The number of rotatable bonds is 1. The van der Waals surface area contributed by atoms with Gasteiger partial charge in [0.1, 0.15) is 0 Å². The molecule has 5 heteroatoms. The Morgan fingerprint density at radius 3 is 2.48 bits per heavy atom. The maximum Gasteiger partial charge on any atom is 0.344 e. The van der Waals surface area contributed by atoms with Crippen molar-refractivity contribution in [3.05, 3.63) is 64.2 Å². The molecule has 0 saturated heterocycles. The number of carbonyl (C=O) groups is 1. The maximum absolute atomic E-state index is 13.0. The van der Waals surface area contributed by atoms with Gasteiger partial charge < -0.3 is 0 Å². The molecule has 0 bridgehead atoms. The summed E-state index contributed by atoms with van der Waals surface area (Å²) in [5.41, 5.74) is 4.41. The molecule has 0 saturated carbocycles. The summed E-state index contributed by atoms with van der Waals surface area (Å²) in [5, 5.41) is 6.73. The van der Waals surface area contributed by atoms with Gasteiger partial charge in [0.15, 0.2) is 0 Å². The van der Waals surface area contributed by atoms with Gasteiger partial charge in [0.25, 0.3) is 0 Å². The lowest BCUT2D eigenvalue weighted by Crippen LogP contribution is -2.43. The topological polar surface area (TPSA) is 35.9 Å². The molecule has 2 aromatic carbocycles. The highest BCUT2D eigenvalue weighted by Gasteiger charge is 2.27. The summed E-state index contributed by atoms with van der Waals surface area (Å²) in [6.07, 6.45) is 2.57. The molecule has 0 fully saturated rings. The molecule has 0 aromatic heterocycles. The lowest BCUT2D eigenvalue weighted by atomic mass is 9.85. The lowest BCUT2D eigenvalue weighted by Gasteiger charge is -2.28. The van der Waals surface area contributed by atoms with Crippen LogP contribution in [0.4, 0.5) is 10.5 Å². The van der Waals surface area contributed by atoms with Crippen LogP contribution in [-0.2, 0) is 11.8 Å². The van der Waals surface area contributed by atoms with E-state index in [-0.39, 0.29) is 17.5 Å². The first-order valence-electron chi connectivity index (χ1n) is 9.16. The van der Waals surface area contributed by atoms with Crippen molar-refractivity contribution in [3.8, 4) is 0 Å². The Bertz CT molecular complexity index is 868. The molecule has 2 aromatic rings. The van der Waals surface area contributed by atoms with Crippen LogP contribution in [0, 0.1) is 0 Å². The molecule has 0 radical (unpaired) electrons. The summed E-state index contributed by atoms with van der Waals surface area (Å²) in [7, 11) is 1.75. The van der Waals surface area contributed by atoms with Crippen molar-refractivity contribution >= 4 is 29.5 Å². The van der Waals surface area contributed by atoms with E-state index in [4.69, 9.17) is 11.6 Å². The molecule has 0 spiro atoms. The smallest absolute Gasteiger partial charge is 0.296 e. The van der Waals surface area contributed by atoms with Gasteiger partial charge >= 0.3 is 6.03 Å². The SMILES string of the molecule is C[C@H]1Cc2ccc(C(C)(C)C)cc2C=NN1C(=O)N(C)c1ccc(Cl)cc1. The van der Waals surface area contributed by atoms with E-state index in [0.29, 0.717) is 5.02 Å². The third kappa shape index (κ3) is 4.16. The zero-order valence-electron chi connectivity index (χ0n) is 16.5. The van der Waals surface area contributed by atoms with Crippen molar-refractivity contribution in [3.63, 3.8) is 0 Å². The van der Waals surface area contributed by atoms with Crippen molar-refractivity contribution < 1.29 is 4.79 Å². The van der Waals surface area contributed by atoms with E-state index in [1.807, 2.05) is 25.3 Å². The Labute approximate surface area is 166 Å². The molecule has 4 nitrogen and oxygen atoms in total. The molecule has 0 N–H and O–H groups in total. The van der Waals surface area contributed by atoms with Crippen LogP contribution in [0.25, 0.3) is 0 Å². The van der Waals surface area contributed by atoms with E-state index in [0.717, 1.165) is 17.7 Å². The van der Waals surface area contributed by atoms with Gasteiger partial charge in [-0.2, -0.15) is 5.10 Å². The molecule has 142 valence electrons. The molecule has 1 aliphatic heterocycles. The molecule has 3 rings (SSSR count). The number of halogens is 1. The monoisotopic (exact) mass is 383 g/mol. The van der Waals surface area contributed by atoms with Crippen molar-refractivity contribution in [2.45, 2.75) is 45.6 Å². The van der Waals surface area contributed by atoms with Gasteiger partial charge in [-0.3, -0.25) is 4.90 Å². The number of urea groups is 1. The van der Waals surface area contributed by atoms with Crippen LogP contribution >= 0.6 is 11.6 Å². The number of hydrogen-bond donors (Lipinski definition) is 0. The average Bonchev–Trinajstić information content (AvgIpc) is 2.78. The van der Waals surface area contributed by atoms with Crippen LogP contribution in [0.15, 0.2) is 47.6 Å². The van der Waals surface area contributed by atoms with Crippen LogP contribution < -0.4 is 4.90 Å². The minimum Gasteiger partial charge on any atom is -0.296 e. The normalized spacial score (nSPS) is 16.7. The fraction of sp³-hybridized carbons (Fsp3) is 0.364. The van der Waals surface area contributed by atoms with E-state index in [1.54, 1.807) is 29.1 Å². The van der Waals surface area contributed by atoms with Crippen molar-refractivity contribution in [2.24, 2.45) is 5.10 Å². The van der Waals surface area contributed by atoms with E-state index in [2.05, 4.69) is 44.1 Å². The lowest BCUT2D eigenvalue weighted by molar-refractivity contribution is 0.190. The van der Waals surface area contributed by atoms with Crippen LogP contribution in [0.1, 0.15) is 44.4 Å². The number of benzene rings is 2. The standard InChI is InChI=1S/C22H26ClN3O/c1-15-12-16-6-7-18(22(2,3)4)13-17(16)14-24-26(15)21(27)25(5)20-10-8-19(23)9-11-20/h6-11,13-15H,12H2,1-5H3/t15-/m0/s1. The molecular formula is C22H26ClN3O. The van der Waals surface area contributed by atoms with Crippen molar-refractivity contribution in [2.75, 3.05) is 11.9 Å². The van der Waals surface area contributed by atoms with Gasteiger partial charge in [0, 0.05) is 17.8 Å². The largest absolute Gasteiger partial charge is 0.344 e. The number of amides is 2. The first-order chi connectivity index (χ1) is 12.7. The highest BCUT2D eigenvalue weighted by atomic mass is 35.5. The number of nitrogens with zero attached hydrogens (tertiary/aromatic N) is 3. The average molecular weight is 384 g/mol. The first kappa shape index (κ1) is 19.4. The van der Waals surface area contributed by atoms with Crippen LogP contribution in [0.3, 0.4) is 0 Å². The molecule has 2 amide bonds. The third-order valence-electron chi connectivity index (χ3n) is 4.96. The fourth-order valence-corrected chi connectivity index (χ4v) is 3.30. The summed E-state index contributed by atoms with van der Waals surface area (Å²) in [4.78, 5) is 14.6. The molecule has 0 aliphatic carbocycles. The van der Waals surface area contributed by atoms with Gasteiger partial charge in [-0.25, -0.2) is 9.80 Å². The van der Waals surface area contributed by atoms with Crippen LogP contribution in [-0.4, -0.2) is 30.3 Å². The quantitative estimate of drug-likeness (QED) is 0.642. The van der Waals surface area contributed by atoms with Crippen molar-refractivity contribution in [1.82, 2.24) is 5.01 Å². The van der Waals surface area contributed by atoms with Crippen LogP contribution in [0.2, 0.25) is 5.02 Å². The summed E-state index contributed by atoms with van der Waals surface area (Å²) in [5.74, 6) is 0. The Morgan fingerprint density at radius 2 is 1.85 bits per heavy atom. The zero-order chi connectivity index (χ0) is 19.8. The van der Waals surface area contributed by atoms with Gasteiger partial charge in [0.2, 0.25) is 0 Å². The molecule has 27 heavy (non-hydrogen) atoms. The summed E-state index contributed by atoms with van der Waals surface area (Å²) in [6.45, 7) is 8.62. The van der Waals surface area contributed by atoms with Gasteiger partial charge in [0.05, 0.1) is 12.3 Å². The summed E-state index contributed by atoms with van der Waals surface area (Å²) in [6, 6.07) is 13.5. The number of hydrogen-bond acceptors (Lipinski definition) is 2. The minimum absolute atomic E-state index is 0.0368. The minimum atomic E-state index is -0.162. The number of hydrazone groups is 1. The second-order valence-corrected chi connectivity index (χ2v) is 8.56. The Balaban J connectivity index is 1.87. The maximum atomic E-state index is 13.0. The predicted octanol–water partition coefficient (Wildman–Crippen LogP) is 5.47. The summed E-state index contributed by atoms with van der Waals surface area (Å²) < 4.78 is 0. The second-order valence-electron chi connectivity index (χ2n) is 8.12. The molecule has 1 heterocycles. The highest BCUT2D eigenvalue weighted by Crippen LogP contribution is 2.27. The van der Waals surface area contributed by atoms with Crippen molar-refractivity contribution in [1.29, 1.82) is 0 Å². The van der Waals surface area contributed by atoms with E-state index in [1.165, 1.54) is 11.1 Å². The zero-order valence-corrected chi connectivity index (χ0v) is 17.3. The predicted molar refractivity (Wildman–Crippen MR) is 113 cm³/mol. The third-order valence-corrected chi connectivity index (χ3v) is 5.21. The molecule has 1 atom stereocenters. The Hall–Kier alpha value is -2.33. The van der Waals surface area contributed by atoms with Gasteiger partial charge in [-0.05, 0) is 65.8 Å². The number of fused-ring (bicyclic) bond motifs is 1. The highest BCUT2D eigenvalue weighted by molar-refractivity contribution is 6.30. The van der Waals surface area contributed by atoms with Gasteiger partial charge in [-0.15, -0.1) is 0 Å². The van der Waals surface area contributed by atoms with E-state index >= 15 is 0 Å². The fourth-order valence-electron chi connectivity index (χ4n) is 3.18. The van der Waals surface area contributed by atoms with E-state index in [9.17, 15) is 4.79 Å². The molecule has 1 aliphatic rings. The van der Waals surface area contributed by atoms with Gasteiger partial charge in [-0.1, -0.05) is 44.5 Å². The molecular weight excluding hydrogens is 358 g/mol. The van der Waals surface area contributed by atoms with E-state index < -0.39 is 0 Å². The Kier molecular flexibility index (Phi) is 5.29. The Morgan fingerprint density at radius 1 is 1.19 bits per heavy atom. The molecule has 0 unspecified atom stereocenters. The summed E-state index contributed by atoms with van der Waals surface area (Å²) >= 11 is 5.95. The number of anilines is 1.